The van der Waals surface area contributed by atoms with E-state index in [9.17, 15) is 23.1 Å². The number of fused-ring (bicyclic) bond motifs is 1. The van der Waals surface area contributed by atoms with Crippen LogP contribution in [-0.2, 0) is 14.8 Å². The van der Waals surface area contributed by atoms with Crippen LogP contribution in [0.5, 0.6) is 0 Å². The minimum absolute atomic E-state index is 0.0177. The molecule has 2 atom stereocenters. The molecule has 23 heavy (non-hydrogen) atoms. The van der Waals surface area contributed by atoms with Gasteiger partial charge >= 0.3 is 5.97 Å². The van der Waals surface area contributed by atoms with Gasteiger partial charge in [-0.3, -0.25) is 9.59 Å². The number of carbonyl (C=O) groups excluding carboxylic acids is 1. The zero-order chi connectivity index (χ0) is 16.8. The second-order valence-corrected chi connectivity index (χ2v) is 8.18. The minimum atomic E-state index is -3.85. The van der Waals surface area contributed by atoms with E-state index in [0.717, 1.165) is 12.8 Å². The van der Waals surface area contributed by atoms with Gasteiger partial charge in [-0.2, -0.15) is 4.31 Å². The number of sulfonamides is 1. The van der Waals surface area contributed by atoms with Crippen LogP contribution in [-0.4, -0.2) is 42.8 Å². The number of nitrogens with zero attached hydrogens (tertiary/aromatic N) is 1. The molecule has 2 aliphatic rings. The van der Waals surface area contributed by atoms with Gasteiger partial charge in [0, 0.05) is 18.7 Å². The topological polar surface area (TPSA) is 118 Å². The molecule has 7 nitrogen and oxygen atoms in total. The number of rotatable bonds is 4. The fourth-order valence-electron chi connectivity index (χ4n) is 3.73. The van der Waals surface area contributed by atoms with Crippen molar-refractivity contribution >= 4 is 21.9 Å². The average Bonchev–Trinajstić information content (AvgIpc) is 3.05. The fraction of sp³-hybridized carbons (Fsp3) is 0.467. The van der Waals surface area contributed by atoms with Crippen molar-refractivity contribution in [3.05, 3.63) is 29.8 Å². The van der Waals surface area contributed by atoms with Gasteiger partial charge in [-0.25, -0.2) is 8.42 Å². The van der Waals surface area contributed by atoms with E-state index in [1.807, 2.05) is 0 Å². The number of carboxylic acids is 1. The van der Waals surface area contributed by atoms with Crippen LogP contribution in [0.3, 0.4) is 0 Å². The molecule has 124 valence electrons. The zero-order valence-electron chi connectivity index (χ0n) is 12.4. The lowest BCUT2D eigenvalue weighted by molar-refractivity contribution is -0.149. The highest BCUT2D eigenvalue weighted by Gasteiger charge is 2.57. The van der Waals surface area contributed by atoms with Gasteiger partial charge in [-0.1, -0.05) is 12.5 Å². The summed E-state index contributed by atoms with van der Waals surface area (Å²) in [5, 5.41) is 9.56. The van der Waals surface area contributed by atoms with Gasteiger partial charge in [-0.15, -0.1) is 0 Å². The first-order valence-electron chi connectivity index (χ1n) is 7.41. The number of carboxylic acid groups (broad SMARTS) is 1. The van der Waals surface area contributed by atoms with E-state index in [-0.39, 0.29) is 29.5 Å². The number of hydrogen-bond acceptors (Lipinski definition) is 4. The molecule has 1 saturated heterocycles. The maximum absolute atomic E-state index is 12.8. The smallest absolute Gasteiger partial charge is 0.311 e. The minimum Gasteiger partial charge on any atom is -0.481 e. The molecule has 1 aliphatic heterocycles. The predicted octanol–water partition coefficient (Wildman–Crippen LogP) is 0.661. The summed E-state index contributed by atoms with van der Waals surface area (Å²) in [5.41, 5.74) is 4.32. The van der Waals surface area contributed by atoms with Crippen molar-refractivity contribution in [2.75, 3.05) is 13.1 Å². The van der Waals surface area contributed by atoms with E-state index >= 15 is 0 Å². The molecule has 3 N–H and O–H groups in total. The summed E-state index contributed by atoms with van der Waals surface area (Å²) in [7, 11) is -3.85. The summed E-state index contributed by atoms with van der Waals surface area (Å²) < 4.78 is 26.8. The molecule has 0 radical (unpaired) electrons. The Balaban J connectivity index is 1.94. The Kier molecular flexibility index (Phi) is 3.68. The van der Waals surface area contributed by atoms with Crippen LogP contribution in [0, 0.1) is 11.3 Å². The van der Waals surface area contributed by atoms with Crippen LogP contribution in [0.2, 0.25) is 0 Å². The Hall–Kier alpha value is -1.93. The predicted molar refractivity (Wildman–Crippen MR) is 81.1 cm³/mol. The molecular weight excluding hydrogens is 320 g/mol. The van der Waals surface area contributed by atoms with E-state index in [0.29, 0.717) is 6.42 Å². The van der Waals surface area contributed by atoms with Crippen LogP contribution in [0.15, 0.2) is 29.2 Å². The number of hydrogen-bond donors (Lipinski definition) is 2. The molecule has 0 spiro atoms. The molecule has 0 bridgehead atoms. The molecule has 1 heterocycles. The van der Waals surface area contributed by atoms with Gasteiger partial charge < -0.3 is 10.8 Å². The largest absolute Gasteiger partial charge is 0.481 e. The normalized spacial score (nSPS) is 27.7. The lowest BCUT2D eigenvalue weighted by atomic mass is 9.81. The van der Waals surface area contributed by atoms with Gasteiger partial charge in [0.1, 0.15) is 0 Å². The lowest BCUT2D eigenvalue weighted by Crippen LogP contribution is -2.37. The van der Waals surface area contributed by atoms with Gasteiger partial charge in [0.15, 0.2) is 0 Å². The first kappa shape index (κ1) is 15.9. The van der Waals surface area contributed by atoms with Crippen LogP contribution < -0.4 is 5.73 Å². The third-order valence-electron chi connectivity index (χ3n) is 5.02. The van der Waals surface area contributed by atoms with Crippen molar-refractivity contribution in [3.8, 4) is 0 Å². The Labute approximate surface area is 134 Å². The van der Waals surface area contributed by atoms with Crippen LogP contribution in [0.1, 0.15) is 29.6 Å². The molecule has 0 aromatic heterocycles. The Bertz CT molecular complexity index is 776. The van der Waals surface area contributed by atoms with E-state index in [1.54, 1.807) is 0 Å². The van der Waals surface area contributed by atoms with E-state index in [1.165, 1.54) is 28.6 Å². The van der Waals surface area contributed by atoms with Crippen LogP contribution in [0.4, 0.5) is 0 Å². The van der Waals surface area contributed by atoms with Crippen molar-refractivity contribution in [2.45, 2.75) is 24.2 Å². The number of carbonyl (C=O) groups is 2. The summed E-state index contributed by atoms with van der Waals surface area (Å²) >= 11 is 0. The fourth-order valence-corrected chi connectivity index (χ4v) is 5.34. The van der Waals surface area contributed by atoms with Crippen LogP contribution >= 0.6 is 0 Å². The average molecular weight is 338 g/mol. The number of amides is 1. The van der Waals surface area contributed by atoms with Gasteiger partial charge in [0.05, 0.1) is 10.3 Å². The summed E-state index contributed by atoms with van der Waals surface area (Å²) in [5.74, 6) is -1.79. The van der Waals surface area contributed by atoms with E-state index in [4.69, 9.17) is 5.73 Å². The summed E-state index contributed by atoms with van der Waals surface area (Å²) in [6.07, 6.45) is 2.03. The Morgan fingerprint density at radius 3 is 2.70 bits per heavy atom. The van der Waals surface area contributed by atoms with Crippen molar-refractivity contribution < 1.29 is 23.1 Å². The molecule has 1 aromatic carbocycles. The molecule has 1 aliphatic carbocycles. The molecule has 8 heteroatoms. The number of nitrogens with two attached hydrogens (primary N) is 1. The van der Waals surface area contributed by atoms with Crippen molar-refractivity contribution in [2.24, 2.45) is 17.1 Å². The molecule has 0 unspecified atom stereocenters. The number of primary amides is 1. The molecule has 1 saturated carbocycles. The summed E-state index contributed by atoms with van der Waals surface area (Å²) in [6.45, 7) is 0.186. The molecule has 1 amide bonds. The second-order valence-electron chi connectivity index (χ2n) is 6.24. The van der Waals surface area contributed by atoms with Gasteiger partial charge in [-0.05, 0) is 37.0 Å². The van der Waals surface area contributed by atoms with Gasteiger partial charge in [0.25, 0.3) is 0 Å². The van der Waals surface area contributed by atoms with E-state index < -0.39 is 27.3 Å². The summed E-state index contributed by atoms with van der Waals surface area (Å²) in [4.78, 5) is 22.9. The third kappa shape index (κ3) is 2.42. The molecule has 2 fully saturated rings. The molecular formula is C15H18N2O5S. The molecule has 3 rings (SSSR count). The highest BCUT2D eigenvalue weighted by Crippen LogP contribution is 2.50. The summed E-state index contributed by atoms with van der Waals surface area (Å²) in [6, 6.07) is 5.53. The van der Waals surface area contributed by atoms with Crippen molar-refractivity contribution in [1.29, 1.82) is 0 Å². The SMILES string of the molecule is NC(=O)c1cccc(S(=O)(=O)N2C[C@@H]3CCC[C@@]3(C(=O)O)C2)c1. The third-order valence-corrected chi connectivity index (χ3v) is 6.83. The zero-order valence-corrected chi connectivity index (χ0v) is 13.3. The number of benzene rings is 1. The van der Waals surface area contributed by atoms with Crippen molar-refractivity contribution in [1.82, 2.24) is 4.31 Å². The molecule has 1 aromatic rings. The first-order valence-corrected chi connectivity index (χ1v) is 8.85. The maximum atomic E-state index is 12.8. The quantitative estimate of drug-likeness (QED) is 0.836. The second kappa shape index (κ2) is 5.31. The monoisotopic (exact) mass is 338 g/mol. The van der Waals surface area contributed by atoms with Gasteiger partial charge in [0.2, 0.25) is 15.9 Å². The first-order chi connectivity index (χ1) is 10.8. The standard InChI is InChI=1S/C15H18N2O5S/c16-13(18)10-3-1-5-12(7-10)23(21,22)17-8-11-4-2-6-15(11,9-17)14(19)20/h1,3,5,7,11H,2,4,6,8-9H2,(H2,16,18)(H,19,20)/t11-,15+/m0/s1. The highest BCUT2D eigenvalue weighted by atomic mass is 32.2. The van der Waals surface area contributed by atoms with Crippen LogP contribution in [0.25, 0.3) is 0 Å². The maximum Gasteiger partial charge on any atom is 0.311 e. The van der Waals surface area contributed by atoms with Crippen molar-refractivity contribution in [3.63, 3.8) is 0 Å². The number of aliphatic carboxylic acids is 1. The lowest BCUT2D eigenvalue weighted by Gasteiger charge is -2.23. The van der Waals surface area contributed by atoms with E-state index in [2.05, 4.69) is 0 Å². The highest BCUT2D eigenvalue weighted by molar-refractivity contribution is 7.89. The Morgan fingerprint density at radius 2 is 2.09 bits per heavy atom. The Morgan fingerprint density at radius 1 is 1.35 bits per heavy atom.